The zero-order valence-electron chi connectivity index (χ0n) is 8.79. The van der Waals surface area contributed by atoms with Crippen LogP contribution in [0.5, 0.6) is 0 Å². The van der Waals surface area contributed by atoms with Crippen LogP contribution in [-0.4, -0.2) is 15.8 Å². The van der Waals surface area contributed by atoms with Gasteiger partial charge in [0.05, 0.1) is 15.7 Å². The summed E-state index contributed by atoms with van der Waals surface area (Å²) in [7, 11) is 0. The quantitative estimate of drug-likeness (QED) is 0.766. The van der Waals surface area contributed by atoms with E-state index in [1.807, 2.05) is 5.38 Å². The van der Waals surface area contributed by atoms with Crippen LogP contribution >= 0.6 is 46.1 Å². The van der Waals surface area contributed by atoms with Crippen LogP contribution < -0.4 is 0 Å². The molecule has 2 rings (SSSR count). The number of rotatable bonds is 4. The van der Waals surface area contributed by atoms with E-state index in [-0.39, 0.29) is 0 Å². The molecule has 0 aliphatic carbocycles. The fourth-order valence-electron chi connectivity index (χ4n) is 1.35. The van der Waals surface area contributed by atoms with Crippen molar-refractivity contribution in [2.45, 2.75) is 12.8 Å². The molecule has 2 heterocycles. The van der Waals surface area contributed by atoms with Crippen molar-refractivity contribution in [3.63, 3.8) is 0 Å². The summed E-state index contributed by atoms with van der Waals surface area (Å²) < 4.78 is 0. The van der Waals surface area contributed by atoms with Gasteiger partial charge >= 0.3 is 0 Å². The summed E-state index contributed by atoms with van der Waals surface area (Å²) in [6.07, 6.45) is 3.38. The highest BCUT2D eigenvalue weighted by atomic mass is 35.5. The average Bonchev–Trinajstić information content (AvgIpc) is 2.75. The highest BCUT2D eigenvalue weighted by Gasteiger charge is 2.10. The Balaban J connectivity index is 2.24. The molecule has 0 amide bonds. The molecule has 0 saturated heterocycles. The molecule has 6 heteroatoms. The molecule has 0 fully saturated rings. The third-order valence-electron chi connectivity index (χ3n) is 2.13. The van der Waals surface area contributed by atoms with E-state index >= 15 is 0 Å². The molecule has 0 aliphatic heterocycles. The number of thiazole rings is 1. The van der Waals surface area contributed by atoms with Gasteiger partial charge in [0.15, 0.2) is 0 Å². The number of alkyl halides is 1. The SMILES string of the molecule is ClCCCc1csc(-c2ncc(Cl)cc2Cl)n1. The third-order valence-corrected chi connectivity index (χ3v) is 3.79. The zero-order chi connectivity index (χ0) is 12.3. The van der Waals surface area contributed by atoms with Gasteiger partial charge in [-0.2, -0.15) is 0 Å². The monoisotopic (exact) mass is 306 g/mol. The van der Waals surface area contributed by atoms with E-state index in [1.54, 1.807) is 12.3 Å². The second kappa shape index (κ2) is 6.01. The summed E-state index contributed by atoms with van der Waals surface area (Å²) in [6, 6.07) is 1.67. The van der Waals surface area contributed by atoms with E-state index in [0.717, 1.165) is 23.5 Å². The molecule has 0 N–H and O–H groups in total. The summed E-state index contributed by atoms with van der Waals surface area (Å²) in [5.41, 5.74) is 1.71. The Morgan fingerprint density at radius 2 is 2.12 bits per heavy atom. The second-order valence-corrected chi connectivity index (χ2v) is 5.50. The number of pyridine rings is 1. The van der Waals surface area contributed by atoms with Crippen LogP contribution in [0.15, 0.2) is 17.6 Å². The topological polar surface area (TPSA) is 25.8 Å². The van der Waals surface area contributed by atoms with E-state index in [4.69, 9.17) is 34.8 Å². The minimum atomic E-state index is 0.524. The predicted molar refractivity (Wildman–Crippen MR) is 74.4 cm³/mol. The molecule has 0 radical (unpaired) electrons. The Kier molecular flexibility index (Phi) is 4.62. The average molecular weight is 308 g/mol. The number of halogens is 3. The molecular weight excluding hydrogens is 299 g/mol. The lowest BCUT2D eigenvalue weighted by Crippen LogP contribution is -1.88. The summed E-state index contributed by atoms with van der Waals surface area (Å²) in [6.45, 7) is 0. The van der Waals surface area contributed by atoms with Crippen molar-refractivity contribution in [3.8, 4) is 10.7 Å². The van der Waals surface area contributed by atoms with Crippen molar-refractivity contribution in [2.75, 3.05) is 5.88 Å². The Bertz CT molecular complexity index is 513. The number of hydrogen-bond donors (Lipinski definition) is 0. The molecule has 0 aliphatic rings. The molecule has 17 heavy (non-hydrogen) atoms. The van der Waals surface area contributed by atoms with Gasteiger partial charge in [-0.15, -0.1) is 22.9 Å². The molecule has 0 aromatic carbocycles. The zero-order valence-corrected chi connectivity index (χ0v) is 11.9. The summed E-state index contributed by atoms with van der Waals surface area (Å²) in [5, 5.41) is 3.87. The molecule has 2 aromatic rings. The van der Waals surface area contributed by atoms with E-state index in [2.05, 4.69) is 9.97 Å². The van der Waals surface area contributed by atoms with Crippen molar-refractivity contribution in [1.82, 2.24) is 9.97 Å². The Hall–Kier alpha value is -0.350. The minimum Gasteiger partial charge on any atom is -0.251 e. The molecule has 90 valence electrons. The first-order valence-corrected chi connectivity index (χ1v) is 7.19. The van der Waals surface area contributed by atoms with Crippen molar-refractivity contribution in [1.29, 1.82) is 0 Å². The number of aryl methyl sites for hydroxylation is 1. The van der Waals surface area contributed by atoms with Gasteiger partial charge in [-0.1, -0.05) is 23.2 Å². The van der Waals surface area contributed by atoms with Gasteiger partial charge in [0, 0.05) is 17.5 Å². The highest BCUT2D eigenvalue weighted by molar-refractivity contribution is 7.13. The molecule has 0 unspecified atom stereocenters. The first-order valence-electron chi connectivity index (χ1n) is 5.02. The lowest BCUT2D eigenvalue weighted by atomic mass is 10.3. The molecule has 2 aromatic heterocycles. The predicted octanol–water partition coefficient (Wildman–Crippen LogP) is 4.68. The lowest BCUT2D eigenvalue weighted by Gasteiger charge is -1.99. The van der Waals surface area contributed by atoms with Crippen LogP contribution in [0.4, 0.5) is 0 Å². The lowest BCUT2D eigenvalue weighted by molar-refractivity contribution is 0.899. The van der Waals surface area contributed by atoms with Gasteiger partial charge < -0.3 is 0 Å². The second-order valence-electron chi connectivity index (χ2n) is 3.42. The van der Waals surface area contributed by atoms with Gasteiger partial charge in [-0.25, -0.2) is 4.98 Å². The number of hydrogen-bond acceptors (Lipinski definition) is 3. The normalized spacial score (nSPS) is 10.8. The maximum absolute atomic E-state index is 6.08. The Morgan fingerprint density at radius 1 is 1.29 bits per heavy atom. The van der Waals surface area contributed by atoms with Crippen molar-refractivity contribution in [2.24, 2.45) is 0 Å². The number of nitrogens with zero attached hydrogens (tertiary/aromatic N) is 2. The summed E-state index contributed by atoms with van der Waals surface area (Å²) in [5.74, 6) is 0.646. The van der Waals surface area contributed by atoms with E-state index in [0.29, 0.717) is 21.6 Å². The van der Waals surface area contributed by atoms with Crippen LogP contribution in [0, 0.1) is 0 Å². The first kappa shape index (κ1) is 13.1. The van der Waals surface area contributed by atoms with Gasteiger partial charge in [-0.05, 0) is 18.9 Å². The van der Waals surface area contributed by atoms with Gasteiger partial charge in [0.2, 0.25) is 0 Å². The van der Waals surface area contributed by atoms with Crippen molar-refractivity contribution < 1.29 is 0 Å². The van der Waals surface area contributed by atoms with Gasteiger partial charge in [0.25, 0.3) is 0 Å². The fraction of sp³-hybridized carbons (Fsp3) is 0.273. The van der Waals surface area contributed by atoms with Crippen molar-refractivity contribution >= 4 is 46.1 Å². The molecule has 0 atom stereocenters. The molecule has 0 saturated carbocycles. The maximum atomic E-state index is 6.08. The van der Waals surface area contributed by atoms with Crippen molar-refractivity contribution in [3.05, 3.63) is 33.4 Å². The highest BCUT2D eigenvalue weighted by Crippen LogP contribution is 2.30. The molecule has 2 nitrogen and oxygen atoms in total. The smallest absolute Gasteiger partial charge is 0.143 e. The van der Waals surface area contributed by atoms with Crippen LogP contribution in [0.3, 0.4) is 0 Å². The van der Waals surface area contributed by atoms with Gasteiger partial charge in [0.1, 0.15) is 10.7 Å². The standard InChI is InChI=1S/C11H9Cl3N2S/c12-3-1-2-8-6-17-11(16-8)10-9(14)4-7(13)5-15-10/h4-6H,1-3H2. The fourth-order valence-corrected chi connectivity index (χ4v) is 2.87. The van der Waals surface area contributed by atoms with Crippen LogP contribution in [0.1, 0.15) is 12.1 Å². The van der Waals surface area contributed by atoms with E-state index in [9.17, 15) is 0 Å². The Morgan fingerprint density at radius 3 is 2.82 bits per heavy atom. The van der Waals surface area contributed by atoms with Crippen LogP contribution in [0.2, 0.25) is 10.0 Å². The third kappa shape index (κ3) is 3.32. The maximum Gasteiger partial charge on any atom is 0.143 e. The number of aromatic nitrogens is 2. The molecule has 0 spiro atoms. The van der Waals surface area contributed by atoms with Crippen LogP contribution in [0.25, 0.3) is 10.7 Å². The van der Waals surface area contributed by atoms with Gasteiger partial charge in [-0.3, -0.25) is 4.98 Å². The first-order chi connectivity index (χ1) is 8.20. The van der Waals surface area contributed by atoms with E-state index < -0.39 is 0 Å². The minimum absolute atomic E-state index is 0.524. The van der Waals surface area contributed by atoms with E-state index in [1.165, 1.54) is 11.3 Å². The molecule has 0 bridgehead atoms. The summed E-state index contributed by atoms with van der Waals surface area (Å²) in [4.78, 5) is 8.68. The Labute approximate surface area is 119 Å². The largest absolute Gasteiger partial charge is 0.251 e. The van der Waals surface area contributed by atoms with Crippen LogP contribution in [-0.2, 0) is 6.42 Å². The molecular formula is C11H9Cl3N2S. The summed E-state index contributed by atoms with van der Waals surface area (Å²) >= 11 is 19.1.